The Morgan fingerprint density at radius 1 is 0.833 bits per heavy atom. The van der Waals surface area contributed by atoms with Crippen LogP contribution in [0.4, 0.5) is 0 Å². The molecule has 0 aliphatic heterocycles. The second-order valence-corrected chi connectivity index (χ2v) is 16.9. The summed E-state index contributed by atoms with van der Waals surface area (Å²) >= 11 is 0. The first-order chi connectivity index (χ1) is 23.1. The highest BCUT2D eigenvalue weighted by atomic mass is 32.2. The van der Waals surface area contributed by atoms with Crippen molar-refractivity contribution < 1.29 is 23.1 Å². The summed E-state index contributed by atoms with van der Waals surface area (Å²) in [4.78, 5) is 32.5. The van der Waals surface area contributed by atoms with E-state index < -0.39 is 22.2 Å². The molecule has 3 saturated carbocycles. The highest BCUT2D eigenvalue weighted by Crippen LogP contribution is 2.35. The fourth-order valence-electron chi connectivity index (χ4n) is 8.36. The summed E-state index contributed by atoms with van der Waals surface area (Å²) in [7, 11) is -3.56. The Kier molecular flexibility index (Phi) is 18.3. The molecule has 0 aromatic carbocycles. The van der Waals surface area contributed by atoms with Crippen molar-refractivity contribution in [3.63, 3.8) is 0 Å². The minimum Gasteiger partial charge on any atom is -0.390 e. The van der Waals surface area contributed by atoms with Crippen LogP contribution >= 0.6 is 0 Å². The molecular formula is C38H68N4O5S. The number of aliphatic hydroxyl groups excluding tert-OH is 1. The first-order valence-electron chi connectivity index (χ1n) is 19.5. The summed E-state index contributed by atoms with van der Waals surface area (Å²) in [6.07, 6.45) is 15.9. The van der Waals surface area contributed by atoms with Crippen molar-refractivity contribution in [1.82, 2.24) is 20.1 Å². The van der Waals surface area contributed by atoms with Gasteiger partial charge in [0, 0.05) is 43.9 Å². The Morgan fingerprint density at radius 2 is 1.44 bits per heavy atom. The molecule has 0 bridgehead atoms. The Bertz CT molecular complexity index is 1120. The van der Waals surface area contributed by atoms with Gasteiger partial charge in [-0.15, -0.1) is 16.7 Å². The second-order valence-electron chi connectivity index (χ2n) is 15.1. The van der Waals surface area contributed by atoms with Crippen LogP contribution < -0.4 is 10.1 Å². The van der Waals surface area contributed by atoms with Crippen LogP contribution in [0.5, 0.6) is 0 Å². The molecule has 0 heterocycles. The molecule has 0 saturated heterocycles. The lowest BCUT2D eigenvalue weighted by Gasteiger charge is -2.37. The van der Waals surface area contributed by atoms with Crippen molar-refractivity contribution in [3.05, 3.63) is 0 Å². The fraction of sp³-hybridized carbons (Fsp3) is 0.895. The number of amides is 2. The van der Waals surface area contributed by atoms with Gasteiger partial charge < -0.3 is 15.3 Å². The maximum atomic E-state index is 14.1. The molecule has 10 heteroatoms. The summed E-state index contributed by atoms with van der Waals surface area (Å²) in [5, 5.41) is 16.7. The van der Waals surface area contributed by atoms with Gasteiger partial charge in [0.05, 0.1) is 17.9 Å². The van der Waals surface area contributed by atoms with Crippen molar-refractivity contribution in [1.29, 1.82) is 0 Å². The van der Waals surface area contributed by atoms with Crippen LogP contribution in [0.2, 0.25) is 0 Å². The highest BCUT2D eigenvalue weighted by molar-refractivity contribution is 7.89. The molecule has 5 unspecified atom stereocenters. The van der Waals surface area contributed by atoms with Crippen LogP contribution in [-0.4, -0.2) is 79.3 Å². The van der Waals surface area contributed by atoms with E-state index in [1.807, 2.05) is 11.8 Å². The number of nitrogens with one attached hydrogen (secondary N) is 2. The summed E-state index contributed by atoms with van der Waals surface area (Å²) in [6.45, 7) is 10.1. The summed E-state index contributed by atoms with van der Waals surface area (Å²) < 4.78 is 26.6. The van der Waals surface area contributed by atoms with Gasteiger partial charge in [-0.1, -0.05) is 78.6 Å². The zero-order chi connectivity index (χ0) is 34.9. The van der Waals surface area contributed by atoms with E-state index in [2.05, 4.69) is 42.8 Å². The quantitative estimate of drug-likeness (QED) is 0.113. The van der Waals surface area contributed by atoms with Crippen LogP contribution in [0, 0.1) is 41.4 Å². The number of rotatable bonds is 19. The molecule has 2 amide bonds. The first kappa shape index (κ1) is 40.8. The van der Waals surface area contributed by atoms with Gasteiger partial charge >= 0.3 is 0 Å². The number of sulfonamides is 1. The number of nitrogens with zero attached hydrogens (tertiary/aromatic N) is 2. The predicted octanol–water partition coefficient (Wildman–Crippen LogP) is 6.02. The highest BCUT2D eigenvalue weighted by Gasteiger charge is 2.39. The van der Waals surface area contributed by atoms with Crippen LogP contribution in [0.25, 0.3) is 0 Å². The Labute approximate surface area is 293 Å². The van der Waals surface area contributed by atoms with Gasteiger partial charge in [-0.05, 0) is 76.5 Å². The summed E-state index contributed by atoms with van der Waals surface area (Å²) in [5.74, 6) is 6.37. The van der Waals surface area contributed by atoms with Gasteiger partial charge in [0.15, 0.2) is 0 Å². The normalized spacial score (nSPS) is 24.0. The molecule has 3 aliphatic rings. The Morgan fingerprint density at radius 3 is 2.02 bits per heavy atom. The molecule has 0 aromatic heterocycles. The zero-order valence-corrected chi connectivity index (χ0v) is 31.5. The minimum absolute atomic E-state index is 0.0247. The van der Waals surface area contributed by atoms with E-state index >= 15 is 0 Å². The van der Waals surface area contributed by atoms with Gasteiger partial charge in [-0.3, -0.25) is 9.59 Å². The number of carbonyl (C=O) groups excluding carboxylic acids is 2. The van der Waals surface area contributed by atoms with Crippen LogP contribution in [0.1, 0.15) is 143 Å². The van der Waals surface area contributed by atoms with E-state index in [0.29, 0.717) is 38.1 Å². The van der Waals surface area contributed by atoms with Crippen molar-refractivity contribution in [3.8, 4) is 11.8 Å². The lowest BCUT2D eigenvalue weighted by molar-refractivity contribution is -0.139. The molecule has 3 N–H and O–H groups in total. The molecule has 0 aromatic rings. The molecule has 3 aliphatic carbocycles. The van der Waals surface area contributed by atoms with Crippen molar-refractivity contribution >= 4 is 21.8 Å². The number of hydrazine groups is 1. The molecular weight excluding hydrogens is 625 g/mol. The van der Waals surface area contributed by atoms with E-state index in [-0.39, 0.29) is 47.8 Å². The summed E-state index contributed by atoms with van der Waals surface area (Å²) in [6, 6.07) is -0.504. The van der Waals surface area contributed by atoms with Crippen LogP contribution in [0.3, 0.4) is 0 Å². The lowest BCUT2D eigenvalue weighted by atomic mass is 9.74. The number of aliphatic hydroxyl groups is 1. The third-order valence-electron chi connectivity index (χ3n) is 10.8. The zero-order valence-electron chi connectivity index (χ0n) is 30.7. The maximum absolute atomic E-state index is 14.1. The second kappa shape index (κ2) is 21.5. The number of hydrogen-bond donors (Lipinski definition) is 3. The third kappa shape index (κ3) is 13.9. The Balaban J connectivity index is 1.76. The first-order valence-corrected chi connectivity index (χ1v) is 21.2. The SMILES string of the molecule is CC#CC1CC(C(=O)NC(CC2CCCCC2)C(O)CN(CCCC)NS(=O)(=O)CC2CCCCC2)CC(C(=O)N(CCC)CCC)C1. The number of unbranched alkanes of at least 4 members (excludes halogenated alkanes) is 1. The largest absolute Gasteiger partial charge is 0.390 e. The van der Waals surface area contributed by atoms with Gasteiger partial charge in [-0.25, -0.2) is 13.4 Å². The Hall–Kier alpha value is -1.67. The van der Waals surface area contributed by atoms with Crippen LogP contribution in [-0.2, 0) is 19.6 Å². The third-order valence-corrected chi connectivity index (χ3v) is 12.3. The standard InChI is InChI=1S/C38H68N4O5S/c1-5-9-23-42(40-48(46,47)29-31-19-14-11-15-20-31)28-36(43)35(26-30-17-12-10-13-18-30)39-37(44)33-24-32(16-6-2)25-34(27-33)38(45)41(21-7-3)22-8-4/h30-36,40,43H,5,7-15,17-29H2,1-4H3,(H,39,44). The number of carbonyl (C=O) groups is 2. The molecule has 3 fully saturated rings. The molecule has 3 rings (SSSR count). The molecule has 9 nitrogen and oxygen atoms in total. The van der Waals surface area contributed by atoms with Crippen molar-refractivity contribution in [2.24, 2.45) is 29.6 Å². The average molecular weight is 693 g/mol. The van der Waals surface area contributed by atoms with Gasteiger partial charge in [0.1, 0.15) is 0 Å². The number of hydrogen-bond acceptors (Lipinski definition) is 6. The molecule has 48 heavy (non-hydrogen) atoms. The van der Waals surface area contributed by atoms with Crippen molar-refractivity contribution in [2.75, 3.05) is 31.9 Å². The van der Waals surface area contributed by atoms with Crippen molar-refractivity contribution in [2.45, 2.75) is 155 Å². The predicted molar refractivity (Wildman–Crippen MR) is 194 cm³/mol. The van der Waals surface area contributed by atoms with Gasteiger partial charge in [0.25, 0.3) is 0 Å². The summed E-state index contributed by atoms with van der Waals surface area (Å²) in [5.41, 5.74) is 0. The maximum Gasteiger partial charge on any atom is 0.225 e. The average Bonchev–Trinajstić information content (AvgIpc) is 3.07. The molecule has 0 spiro atoms. The lowest BCUT2D eigenvalue weighted by Crippen LogP contribution is -2.55. The molecule has 276 valence electrons. The van der Waals surface area contributed by atoms with Gasteiger partial charge in [-0.2, -0.15) is 0 Å². The van der Waals surface area contributed by atoms with E-state index in [0.717, 1.165) is 90.1 Å². The van der Waals surface area contributed by atoms with E-state index in [1.54, 1.807) is 5.01 Å². The van der Waals surface area contributed by atoms with E-state index in [4.69, 9.17) is 0 Å². The molecule has 0 radical (unpaired) electrons. The van der Waals surface area contributed by atoms with Crippen LogP contribution in [0.15, 0.2) is 0 Å². The monoisotopic (exact) mass is 692 g/mol. The minimum atomic E-state index is -3.56. The smallest absolute Gasteiger partial charge is 0.225 e. The van der Waals surface area contributed by atoms with Gasteiger partial charge in [0.2, 0.25) is 21.8 Å². The fourth-order valence-corrected chi connectivity index (χ4v) is 9.94. The topological polar surface area (TPSA) is 119 Å². The molecule has 5 atom stereocenters. The van der Waals surface area contributed by atoms with E-state index in [9.17, 15) is 23.1 Å². The van der Waals surface area contributed by atoms with E-state index in [1.165, 1.54) is 12.8 Å².